The highest BCUT2D eigenvalue weighted by atomic mass is 35.5. The van der Waals surface area contributed by atoms with Gasteiger partial charge in [-0.15, -0.1) is 0 Å². The van der Waals surface area contributed by atoms with Gasteiger partial charge in [0.15, 0.2) is 0 Å². The van der Waals surface area contributed by atoms with Gasteiger partial charge in [-0.2, -0.15) is 0 Å². The summed E-state index contributed by atoms with van der Waals surface area (Å²) in [4.78, 5) is 14.3. The molecular formula is C15H22Cl2N2O. The highest BCUT2D eigenvalue weighted by Gasteiger charge is 2.10. The molecule has 20 heavy (non-hydrogen) atoms. The minimum Gasteiger partial charge on any atom is -0.325 e. The zero-order valence-electron chi connectivity index (χ0n) is 12.1. The molecule has 0 radical (unpaired) electrons. The van der Waals surface area contributed by atoms with Crippen LogP contribution in [0, 0.1) is 0 Å². The average Bonchev–Trinajstić information content (AvgIpc) is 2.42. The Labute approximate surface area is 131 Å². The van der Waals surface area contributed by atoms with Crippen LogP contribution in [0.15, 0.2) is 18.2 Å². The number of anilines is 1. The lowest BCUT2D eigenvalue weighted by molar-refractivity contribution is -0.116. The van der Waals surface area contributed by atoms with Crippen LogP contribution in [0.25, 0.3) is 0 Å². The number of halogens is 2. The highest BCUT2D eigenvalue weighted by molar-refractivity contribution is 6.43. The van der Waals surface area contributed by atoms with E-state index in [-0.39, 0.29) is 5.91 Å². The lowest BCUT2D eigenvalue weighted by Crippen LogP contribution is -2.29. The number of nitrogens with one attached hydrogen (secondary N) is 1. The van der Waals surface area contributed by atoms with Crippen molar-refractivity contribution in [1.82, 2.24) is 4.90 Å². The predicted molar refractivity (Wildman–Crippen MR) is 86.7 cm³/mol. The van der Waals surface area contributed by atoms with Crippen molar-refractivity contribution in [3.05, 3.63) is 28.2 Å². The molecule has 3 nitrogen and oxygen atoms in total. The molecule has 1 aromatic rings. The summed E-state index contributed by atoms with van der Waals surface area (Å²) in [6.07, 6.45) is 2.66. The molecule has 0 heterocycles. The summed E-state index contributed by atoms with van der Waals surface area (Å²) in [5.74, 6) is -0.0358. The van der Waals surface area contributed by atoms with E-state index in [0.29, 0.717) is 22.2 Å². The molecule has 0 unspecified atom stereocenters. The molecule has 0 aliphatic heterocycles. The third-order valence-electron chi connectivity index (χ3n) is 2.96. The zero-order valence-corrected chi connectivity index (χ0v) is 13.6. The highest BCUT2D eigenvalue weighted by Crippen LogP contribution is 2.29. The Balaban J connectivity index is 2.48. The van der Waals surface area contributed by atoms with Gasteiger partial charge in [-0.05, 0) is 38.1 Å². The van der Waals surface area contributed by atoms with Gasteiger partial charge in [-0.25, -0.2) is 0 Å². The molecule has 0 saturated carbocycles. The predicted octanol–water partition coefficient (Wildman–Crippen LogP) is 4.44. The number of benzene rings is 1. The molecular weight excluding hydrogens is 295 g/mol. The third-order valence-corrected chi connectivity index (χ3v) is 3.78. The molecule has 1 aromatic carbocycles. The Hall–Kier alpha value is -0.770. The van der Waals surface area contributed by atoms with Gasteiger partial charge in [-0.1, -0.05) is 43.1 Å². The topological polar surface area (TPSA) is 32.3 Å². The van der Waals surface area contributed by atoms with E-state index < -0.39 is 0 Å². The van der Waals surface area contributed by atoms with E-state index in [1.54, 1.807) is 18.2 Å². The van der Waals surface area contributed by atoms with Gasteiger partial charge >= 0.3 is 0 Å². The fourth-order valence-corrected chi connectivity index (χ4v) is 2.39. The second-order valence-corrected chi connectivity index (χ2v) is 5.53. The van der Waals surface area contributed by atoms with E-state index >= 15 is 0 Å². The molecule has 0 bridgehead atoms. The molecule has 1 amide bonds. The van der Waals surface area contributed by atoms with Crippen LogP contribution < -0.4 is 5.32 Å². The lowest BCUT2D eigenvalue weighted by Gasteiger charge is -2.20. The maximum Gasteiger partial charge on any atom is 0.225 e. The summed E-state index contributed by atoms with van der Waals surface area (Å²) < 4.78 is 0. The molecule has 5 heteroatoms. The van der Waals surface area contributed by atoms with E-state index in [0.717, 1.165) is 32.5 Å². The van der Waals surface area contributed by atoms with E-state index in [2.05, 4.69) is 24.1 Å². The van der Waals surface area contributed by atoms with Gasteiger partial charge in [0.1, 0.15) is 0 Å². The standard InChI is InChI=1S/C15H22Cl2N2O/c1-3-9-19(10-4-2)11-8-14(20)18-13-7-5-6-12(16)15(13)17/h5-7H,3-4,8-11H2,1-2H3,(H,18,20). The summed E-state index contributed by atoms with van der Waals surface area (Å²) in [7, 11) is 0. The monoisotopic (exact) mass is 316 g/mol. The fraction of sp³-hybridized carbons (Fsp3) is 0.533. The summed E-state index contributed by atoms with van der Waals surface area (Å²) >= 11 is 12.0. The van der Waals surface area contributed by atoms with Crippen molar-refractivity contribution in [2.75, 3.05) is 25.0 Å². The Kier molecular flexibility index (Phi) is 7.97. The van der Waals surface area contributed by atoms with Crippen molar-refractivity contribution >= 4 is 34.8 Å². The summed E-state index contributed by atoms with van der Waals surface area (Å²) in [6.45, 7) is 7.12. The van der Waals surface area contributed by atoms with Crippen LogP contribution in [0.4, 0.5) is 5.69 Å². The molecule has 0 saturated heterocycles. The largest absolute Gasteiger partial charge is 0.325 e. The van der Waals surface area contributed by atoms with Gasteiger partial charge in [0.25, 0.3) is 0 Å². The van der Waals surface area contributed by atoms with Crippen LogP contribution in [0.3, 0.4) is 0 Å². The number of hydrogen-bond donors (Lipinski definition) is 1. The van der Waals surface area contributed by atoms with Crippen molar-refractivity contribution in [2.45, 2.75) is 33.1 Å². The molecule has 1 rings (SSSR count). The summed E-state index contributed by atoms with van der Waals surface area (Å²) in [6, 6.07) is 5.22. The van der Waals surface area contributed by atoms with Crippen molar-refractivity contribution in [2.24, 2.45) is 0 Å². The minimum atomic E-state index is -0.0358. The minimum absolute atomic E-state index is 0.0358. The lowest BCUT2D eigenvalue weighted by atomic mass is 10.2. The normalized spacial score (nSPS) is 10.8. The molecule has 0 aliphatic rings. The number of rotatable bonds is 8. The van der Waals surface area contributed by atoms with Gasteiger partial charge in [0.2, 0.25) is 5.91 Å². The molecule has 0 fully saturated rings. The van der Waals surface area contributed by atoms with Gasteiger partial charge in [-0.3, -0.25) is 4.79 Å². The number of nitrogens with zero attached hydrogens (tertiary/aromatic N) is 1. The van der Waals surface area contributed by atoms with Crippen molar-refractivity contribution in [1.29, 1.82) is 0 Å². The van der Waals surface area contributed by atoms with Crippen LogP contribution in [-0.4, -0.2) is 30.4 Å². The smallest absolute Gasteiger partial charge is 0.225 e. The molecule has 0 aromatic heterocycles. The van der Waals surface area contributed by atoms with Crippen molar-refractivity contribution in [3.63, 3.8) is 0 Å². The Bertz CT molecular complexity index is 432. The van der Waals surface area contributed by atoms with E-state index in [9.17, 15) is 4.79 Å². The maximum atomic E-state index is 11.9. The van der Waals surface area contributed by atoms with Crippen LogP contribution >= 0.6 is 23.2 Å². The molecule has 1 N–H and O–H groups in total. The van der Waals surface area contributed by atoms with Crippen LogP contribution in [0.1, 0.15) is 33.1 Å². The Morgan fingerprint density at radius 3 is 2.40 bits per heavy atom. The van der Waals surface area contributed by atoms with E-state index in [1.165, 1.54) is 0 Å². The second-order valence-electron chi connectivity index (χ2n) is 4.74. The SMILES string of the molecule is CCCN(CCC)CCC(=O)Nc1cccc(Cl)c1Cl. The van der Waals surface area contributed by atoms with Crippen molar-refractivity contribution in [3.8, 4) is 0 Å². The zero-order chi connectivity index (χ0) is 15.0. The van der Waals surface area contributed by atoms with E-state index in [1.807, 2.05) is 0 Å². The third kappa shape index (κ3) is 5.70. The average molecular weight is 317 g/mol. The fourth-order valence-electron chi connectivity index (χ4n) is 2.04. The first kappa shape index (κ1) is 17.3. The first-order chi connectivity index (χ1) is 9.58. The van der Waals surface area contributed by atoms with Crippen LogP contribution in [0.5, 0.6) is 0 Å². The number of hydrogen-bond acceptors (Lipinski definition) is 2. The number of carbonyl (C=O) groups is 1. The van der Waals surface area contributed by atoms with Gasteiger partial charge < -0.3 is 10.2 Å². The molecule has 0 atom stereocenters. The van der Waals surface area contributed by atoms with Gasteiger partial charge in [0.05, 0.1) is 15.7 Å². The summed E-state index contributed by atoms with van der Waals surface area (Å²) in [5.41, 5.74) is 0.571. The number of carbonyl (C=O) groups excluding carboxylic acids is 1. The number of amides is 1. The summed E-state index contributed by atoms with van der Waals surface area (Å²) in [5, 5.41) is 3.65. The van der Waals surface area contributed by atoms with Crippen molar-refractivity contribution < 1.29 is 4.79 Å². The molecule has 112 valence electrons. The maximum absolute atomic E-state index is 11.9. The molecule has 0 aliphatic carbocycles. The second kappa shape index (κ2) is 9.22. The first-order valence-electron chi connectivity index (χ1n) is 7.04. The first-order valence-corrected chi connectivity index (χ1v) is 7.80. The van der Waals surface area contributed by atoms with Crippen LogP contribution in [0.2, 0.25) is 10.0 Å². The Morgan fingerprint density at radius 2 is 1.80 bits per heavy atom. The van der Waals surface area contributed by atoms with E-state index in [4.69, 9.17) is 23.2 Å². The van der Waals surface area contributed by atoms with Crippen LogP contribution in [-0.2, 0) is 4.79 Å². The molecule has 0 spiro atoms. The Morgan fingerprint density at radius 1 is 1.15 bits per heavy atom. The van der Waals surface area contributed by atoms with Gasteiger partial charge in [0, 0.05) is 13.0 Å². The quantitative estimate of drug-likeness (QED) is 0.768.